The van der Waals surface area contributed by atoms with E-state index < -0.39 is 0 Å². The standard InChI is InChI=1S/C13H20FNO/c1-4-9(2)8-16-11-5-6-12(10(3)15)13(14)7-11/h5-7,9-10H,4,8,15H2,1-3H3/t9?,10-/m0/s1. The van der Waals surface area contributed by atoms with Crippen molar-refractivity contribution in [3.05, 3.63) is 29.6 Å². The first-order valence-electron chi connectivity index (χ1n) is 5.72. The molecule has 0 fully saturated rings. The number of halogens is 1. The van der Waals surface area contributed by atoms with Gasteiger partial charge < -0.3 is 10.5 Å². The summed E-state index contributed by atoms with van der Waals surface area (Å²) in [6, 6.07) is 4.57. The van der Waals surface area contributed by atoms with Gasteiger partial charge in [0, 0.05) is 17.7 Å². The first kappa shape index (κ1) is 13.0. The average Bonchev–Trinajstić information content (AvgIpc) is 2.25. The van der Waals surface area contributed by atoms with Crippen molar-refractivity contribution in [3.8, 4) is 5.75 Å². The molecule has 0 saturated carbocycles. The van der Waals surface area contributed by atoms with Gasteiger partial charge in [0.05, 0.1) is 6.61 Å². The van der Waals surface area contributed by atoms with Crippen molar-refractivity contribution in [1.82, 2.24) is 0 Å². The number of ether oxygens (including phenoxy) is 1. The fourth-order valence-corrected chi connectivity index (χ4v) is 1.32. The predicted molar refractivity (Wildman–Crippen MR) is 64.0 cm³/mol. The van der Waals surface area contributed by atoms with E-state index in [2.05, 4.69) is 13.8 Å². The van der Waals surface area contributed by atoms with Crippen LogP contribution in [-0.4, -0.2) is 6.61 Å². The molecule has 2 N–H and O–H groups in total. The molecule has 1 rings (SSSR count). The minimum atomic E-state index is -0.295. The van der Waals surface area contributed by atoms with Crippen LogP contribution in [0.2, 0.25) is 0 Å². The van der Waals surface area contributed by atoms with E-state index in [1.165, 1.54) is 6.07 Å². The van der Waals surface area contributed by atoms with E-state index in [1.54, 1.807) is 19.1 Å². The van der Waals surface area contributed by atoms with Crippen LogP contribution in [0.1, 0.15) is 38.8 Å². The smallest absolute Gasteiger partial charge is 0.131 e. The zero-order chi connectivity index (χ0) is 12.1. The third-order valence-corrected chi connectivity index (χ3v) is 2.69. The van der Waals surface area contributed by atoms with Crippen molar-refractivity contribution in [1.29, 1.82) is 0 Å². The molecule has 1 aromatic carbocycles. The zero-order valence-corrected chi connectivity index (χ0v) is 10.2. The Morgan fingerprint density at radius 2 is 2.06 bits per heavy atom. The van der Waals surface area contributed by atoms with Crippen LogP contribution in [0, 0.1) is 11.7 Å². The van der Waals surface area contributed by atoms with Crippen molar-refractivity contribution >= 4 is 0 Å². The second-order valence-corrected chi connectivity index (χ2v) is 4.30. The maximum absolute atomic E-state index is 13.5. The van der Waals surface area contributed by atoms with Crippen LogP contribution in [0.25, 0.3) is 0 Å². The van der Waals surface area contributed by atoms with Crippen LogP contribution in [-0.2, 0) is 0 Å². The van der Waals surface area contributed by atoms with Gasteiger partial charge in [0.25, 0.3) is 0 Å². The van der Waals surface area contributed by atoms with Gasteiger partial charge in [0.1, 0.15) is 11.6 Å². The Kier molecular flexibility index (Phi) is 4.74. The lowest BCUT2D eigenvalue weighted by Crippen LogP contribution is -2.09. The van der Waals surface area contributed by atoms with Crippen molar-refractivity contribution in [2.45, 2.75) is 33.2 Å². The third-order valence-electron chi connectivity index (χ3n) is 2.69. The quantitative estimate of drug-likeness (QED) is 0.834. The maximum atomic E-state index is 13.5. The van der Waals surface area contributed by atoms with Crippen molar-refractivity contribution < 1.29 is 9.13 Å². The van der Waals surface area contributed by atoms with Crippen LogP contribution < -0.4 is 10.5 Å². The van der Waals surface area contributed by atoms with E-state index in [1.807, 2.05) is 0 Å². The summed E-state index contributed by atoms with van der Waals surface area (Å²) in [7, 11) is 0. The predicted octanol–water partition coefficient (Wildman–Crippen LogP) is 3.27. The van der Waals surface area contributed by atoms with Gasteiger partial charge in [-0.3, -0.25) is 0 Å². The molecule has 0 spiro atoms. The molecule has 0 aliphatic heterocycles. The minimum Gasteiger partial charge on any atom is -0.493 e. The molecule has 16 heavy (non-hydrogen) atoms. The highest BCUT2D eigenvalue weighted by Crippen LogP contribution is 2.21. The van der Waals surface area contributed by atoms with Crippen LogP contribution >= 0.6 is 0 Å². The van der Waals surface area contributed by atoms with E-state index in [4.69, 9.17) is 10.5 Å². The summed E-state index contributed by atoms with van der Waals surface area (Å²) in [6.07, 6.45) is 1.06. The highest BCUT2D eigenvalue weighted by atomic mass is 19.1. The number of nitrogens with two attached hydrogens (primary N) is 1. The third kappa shape index (κ3) is 3.49. The largest absolute Gasteiger partial charge is 0.493 e. The average molecular weight is 225 g/mol. The molecular weight excluding hydrogens is 205 g/mol. The van der Waals surface area contributed by atoms with Crippen molar-refractivity contribution in [2.24, 2.45) is 11.7 Å². The first-order chi connectivity index (χ1) is 7.54. The highest BCUT2D eigenvalue weighted by Gasteiger charge is 2.08. The van der Waals surface area contributed by atoms with E-state index in [9.17, 15) is 4.39 Å². The maximum Gasteiger partial charge on any atom is 0.131 e. The van der Waals surface area contributed by atoms with Crippen molar-refractivity contribution in [3.63, 3.8) is 0 Å². The van der Waals surface area contributed by atoms with Gasteiger partial charge in [-0.1, -0.05) is 26.3 Å². The Morgan fingerprint density at radius 3 is 2.56 bits per heavy atom. The Morgan fingerprint density at radius 1 is 1.38 bits per heavy atom. The SMILES string of the molecule is CCC(C)COc1ccc([C@H](C)N)c(F)c1. The van der Waals surface area contributed by atoms with Crippen LogP contribution in [0.15, 0.2) is 18.2 Å². The Labute approximate surface area is 96.6 Å². The number of hydrogen-bond acceptors (Lipinski definition) is 2. The molecule has 0 bridgehead atoms. The monoisotopic (exact) mass is 225 g/mol. The molecule has 3 heteroatoms. The zero-order valence-electron chi connectivity index (χ0n) is 10.2. The molecule has 0 heterocycles. The summed E-state index contributed by atoms with van der Waals surface area (Å²) in [5.41, 5.74) is 6.15. The van der Waals surface area contributed by atoms with Gasteiger partial charge in [-0.2, -0.15) is 0 Å². The summed E-state index contributed by atoms with van der Waals surface area (Å²) < 4.78 is 19.0. The molecule has 0 radical (unpaired) electrons. The summed E-state index contributed by atoms with van der Waals surface area (Å²) in [5, 5.41) is 0. The van der Waals surface area contributed by atoms with Crippen LogP contribution in [0.3, 0.4) is 0 Å². The molecular formula is C13H20FNO. The summed E-state index contributed by atoms with van der Waals surface area (Å²) >= 11 is 0. The first-order valence-corrected chi connectivity index (χ1v) is 5.72. The van der Waals surface area contributed by atoms with Crippen LogP contribution in [0.4, 0.5) is 4.39 Å². The molecule has 0 saturated heterocycles. The van der Waals surface area contributed by atoms with E-state index >= 15 is 0 Å². The van der Waals surface area contributed by atoms with Crippen molar-refractivity contribution in [2.75, 3.05) is 6.61 Å². The molecule has 0 amide bonds. The van der Waals surface area contributed by atoms with Gasteiger partial charge >= 0.3 is 0 Å². The number of rotatable bonds is 5. The van der Waals surface area contributed by atoms with E-state index in [0.717, 1.165) is 6.42 Å². The molecule has 0 aromatic heterocycles. The molecule has 2 atom stereocenters. The fraction of sp³-hybridized carbons (Fsp3) is 0.538. The second kappa shape index (κ2) is 5.85. The number of hydrogen-bond donors (Lipinski definition) is 1. The molecule has 1 unspecified atom stereocenters. The Bertz CT molecular complexity index is 339. The van der Waals surface area contributed by atoms with Gasteiger partial charge in [0.2, 0.25) is 0 Å². The fourth-order valence-electron chi connectivity index (χ4n) is 1.32. The Hall–Kier alpha value is -1.09. The summed E-state index contributed by atoms with van der Waals surface area (Å²) in [6.45, 7) is 6.59. The van der Waals surface area contributed by atoms with Gasteiger partial charge in [-0.15, -0.1) is 0 Å². The lowest BCUT2D eigenvalue weighted by Gasteiger charge is -2.13. The topological polar surface area (TPSA) is 35.2 Å². The molecule has 90 valence electrons. The normalized spacial score (nSPS) is 14.6. The lowest BCUT2D eigenvalue weighted by molar-refractivity contribution is 0.255. The van der Waals surface area contributed by atoms with Gasteiger partial charge in [-0.25, -0.2) is 4.39 Å². The molecule has 1 aromatic rings. The number of benzene rings is 1. The van der Waals surface area contributed by atoms with E-state index in [0.29, 0.717) is 23.8 Å². The van der Waals surface area contributed by atoms with Gasteiger partial charge in [-0.05, 0) is 18.9 Å². The Balaban J connectivity index is 2.66. The molecule has 0 aliphatic carbocycles. The van der Waals surface area contributed by atoms with E-state index in [-0.39, 0.29) is 11.9 Å². The summed E-state index contributed by atoms with van der Waals surface area (Å²) in [4.78, 5) is 0. The lowest BCUT2D eigenvalue weighted by atomic mass is 10.1. The second-order valence-electron chi connectivity index (χ2n) is 4.30. The summed E-state index contributed by atoms with van der Waals surface area (Å²) in [5.74, 6) is 0.759. The molecule has 2 nitrogen and oxygen atoms in total. The highest BCUT2D eigenvalue weighted by molar-refractivity contribution is 5.30. The molecule has 0 aliphatic rings. The minimum absolute atomic E-state index is 0.288. The van der Waals surface area contributed by atoms with Gasteiger partial charge in [0.15, 0.2) is 0 Å². The van der Waals surface area contributed by atoms with Crippen LogP contribution in [0.5, 0.6) is 5.75 Å².